The van der Waals surface area contributed by atoms with Crippen LogP contribution in [0, 0.1) is 0 Å². The number of nitrogens with two attached hydrogens (primary N) is 1. The number of hydrogen-bond donors (Lipinski definition) is 1. The van der Waals surface area contributed by atoms with Gasteiger partial charge in [-0.25, -0.2) is 4.98 Å². The average molecular weight is 396 g/mol. The summed E-state index contributed by atoms with van der Waals surface area (Å²) < 4.78 is 5.79. The molecule has 29 heavy (non-hydrogen) atoms. The van der Waals surface area contributed by atoms with Crippen LogP contribution in [0.4, 0.5) is 0 Å². The number of carbonyl (C=O) groups excluding carboxylic acids is 1. The van der Waals surface area contributed by atoms with Crippen LogP contribution in [0.1, 0.15) is 68.8 Å². The number of benzene rings is 1. The molecule has 0 aliphatic heterocycles. The van der Waals surface area contributed by atoms with Gasteiger partial charge in [-0.1, -0.05) is 31.9 Å². The van der Waals surface area contributed by atoms with E-state index in [4.69, 9.17) is 10.5 Å². The van der Waals surface area contributed by atoms with E-state index in [-0.39, 0.29) is 5.54 Å². The Hall–Kier alpha value is -2.40. The Morgan fingerprint density at radius 3 is 2.41 bits per heavy atom. The van der Waals surface area contributed by atoms with Crippen LogP contribution in [0.25, 0.3) is 0 Å². The van der Waals surface area contributed by atoms with Crippen LogP contribution in [-0.4, -0.2) is 33.9 Å². The van der Waals surface area contributed by atoms with Crippen LogP contribution in [0.5, 0.6) is 11.6 Å². The van der Waals surface area contributed by atoms with Gasteiger partial charge in [0, 0.05) is 23.8 Å². The van der Waals surface area contributed by atoms with E-state index in [9.17, 15) is 4.79 Å². The molecule has 3 rings (SSSR count). The maximum atomic E-state index is 11.1. The van der Waals surface area contributed by atoms with Crippen LogP contribution in [-0.2, 0) is 6.42 Å². The Labute approximate surface area is 174 Å². The zero-order chi connectivity index (χ0) is 20.9. The molecule has 0 bridgehead atoms. The van der Waals surface area contributed by atoms with Gasteiger partial charge in [-0.3, -0.25) is 9.69 Å². The van der Waals surface area contributed by atoms with Crippen LogP contribution in [0.15, 0.2) is 42.6 Å². The monoisotopic (exact) mass is 395 g/mol. The van der Waals surface area contributed by atoms with E-state index in [1.807, 2.05) is 12.1 Å². The molecule has 1 aromatic heterocycles. The maximum Gasteiger partial charge on any atom is 0.250 e. The molecule has 1 fully saturated rings. The normalized spacial score (nSPS) is 15.0. The van der Waals surface area contributed by atoms with Crippen molar-refractivity contribution in [1.29, 1.82) is 0 Å². The molecule has 5 heteroatoms. The highest BCUT2D eigenvalue weighted by Gasteiger charge is 2.33. The second-order valence-electron chi connectivity index (χ2n) is 8.62. The molecule has 0 radical (unpaired) electrons. The molecule has 1 aromatic carbocycles. The van der Waals surface area contributed by atoms with Gasteiger partial charge in [-0.15, -0.1) is 0 Å². The molecule has 1 aliphatic rings. The van der Waals surface area contributed by atoms with Gasteiger partial charge in [0.2, 0.25) is 11.8 Å². The van der Waals surface area contributed by atoms with Gasteiger partial charge < -0.3 is 10.5 Å². The number of aromatic nitrogens is 1. The molecule has 0 saturated heterocycles. The largest absolute Gasteiger partial charge is 0.439 e. The molecule has 1 aliphatic carbocycles. The quantitative estimate of drug-likeness (QED) is 0.652. The first kappa shape index (κ1) is 21.3. The number of amides is 1. The van der Waals surface area contributed by atoms with E-state index in [1.165, 1.54) is 43.9 Å². The fraction of sp³-hybridized carbons (Fsp3) is 0.500. The van der Waals surface area contributed by atoms with E-state index in [0.29, 0.717) is 11.4 Å². The van der Waals surface area contributed by atoms with Crippen molar-refractivity contribution in [1.82, 2.24) is 9.88 Å². The Kier molecular flexibility index (Phi) is 6.91. The number of carbonyl (C=O) groups is 1. The molecule has 2 aromatic rings. The van der Waals surface area contributed by atoms with Crippen molar-refractivity contribution < 1.29 is 9.53 Å². The van der Waals surface area contributed by atoms with Crippen molar-refractivity contribution in [3.63, 3.8) is 0 Å². The lowest BCUT2D eigenvalue weighted by molar-refractivity contribution is 0.0704. The maximum absolute atomic E-state index is 11.1. The Morgan fingerprint density at radius 1 is 1.17 bits per heavy atom. The first-order chi connectivity index (χ1) is 13.9. The second kappa shape index (κ2) is 9.40. The molecule has 0 unspecified atom stereocenters. The lowest BCUT2D eigenvalue weighted by atomic mass is 9.90. The van der Waals surface area contributed by atoms with E-state index in [1.54, 1.807) is 12.1 Å². The first-order valence-corrected chi connectivity index (χ1v) is 10.7. The zero-order valence-electron chi connectivity index (χ0n) is 17.9. The molecule has 2 N–H and O–H groups in total. The number of primary amides is 1. The summed E-state index contributed by atoms with van der Waals surface area (Å²) in [5.74, 6) is 0.677. The number of hydrogen-bond acceptors (Lipinski definition) is 4. The predicted octanol–water partition coefficient (Wildman–Crippen LogP) is 4.95. The van der Waals surface area contributed by atoms with Crippen molar-refractivity contribution in [3.8, 4) is 11.6 Å². The van der Waals surface area contributed by atoms with Crippen LogP contribution >= 0.6 is 0 Å². The van der Waals surface area contributed by atoms with Gasteiger partial charge in [0.05, 0.1) is 5.56 Å². The Balaban J connectivity index is 1.64. The Bertz CT molecular complexity index is 794. The van der Waals surface area contributed by atoms with E-state index in [2.05, 4.69) is 42.8 Å². The van der Waals surface area contributed by atoms with Gasteiger partial charge in [0.1, 0.15) is 5.75 Å². The van der Waals surface area contributed by atoms with Crippen molar-refractivity contribution in [2.24, 2.45) is 5.73 Å². The predicted molar refractivity (Wildman–Crippen MR) is 116 cm³/mol. The lowest BCUT2D eigenvalue weighted by Gasteiger charge is -2.43. The number of ether oxygens (including phenoxy) is 1. The molecular formula is C24H33N3O2. The third kappa shape index (κ3) is 5.57. The average Bonchev–Trinajstić information content (AvgIpc) is 3.22. The van der Waals surface area contributed by atoms with Gasteiger partial charge in [-0.2, -0.15) is 0 Å². The second-order valence-corrected chi connectivity index (χ2v) is 8.62. The van der Waals surface area contributed by atoms with Crippen molar-refractivity contribution in [2.45, 2.75) is 70.9 Å². The third-order valence-electron chi connectivity index (χ3n) is 5.81. The summed E-state index contributed by atoms with van der Waals surface area (Å²) >= 11 is 0. The highest BCUT2D eigenvalue weighted by Crippen LogP contribution is 2.32. The van der Waals surface area contributed by atoms with Crippen molar-refractivity contribution in [2.75, 3.05) is 6.54 Å². The first-order valence-electron chi connectivity index (χ1n) is 10.7. The number of rotatable bonds is 9. The zero-order valence-corrected chi connectivity index (χ0v) is 17.9. The lowest BCUT2D eigenvalue weighted by Crippen LogP contribution is -2.50. The summed E-state index contributed by atoms with van der Waals surface area (Å²) in [6, 6.07) is 12.2. The molecule has 1 amide bonds. The standard InChI is InChI=1S/C24H33N3O2/c1-4-15-27(20-7-5-6-8-20)24(2,3)16-18-9-12-21(13-10-18)29-22-14-11-19(17-26-22)23(25)28/h9-14,17,20H,4-8,15-16H2,1-3H3,(H2,25,28). The van der Waals surface area contributed by atoms with Gasteiger partial charge in [0.15, 0.2) is 0 Å². The minimum atomic E-state index is -0.495. The fourth-order valence-corrected chi connectivity index (χ4v) is 4.42. The third-order valence-corrected chi connectivity index (χ3v) is 5.81. The molecule has 0 atom stereocenters. The summed E-state index contributed by atoms with van der Waals surface area (Å²) in [4.78, 5) is 18.0. The smallest absolute Gasteiger partial charge is 0.250 e. The van der Waals surface area contributed by atoms with Gasteiger partial charge in [0.25, 0.3) is 0 Å². The SMILES string of the molecule is CCCN(C1CCCC1)C(C)(C)Cc1ccc(Oc2ccc(C(N)=O)cn2)cc1. The molecule has 1 heterocycles. The van der Waals surface area contributed by atoms with Gasteiger partial charge in [-0.05, 0) is 69.8 Å². The summed E-state index contributed by atoms with van der Waals surface area (Å²) in [5.41, 5.74) is 7.04. The number of nitrogens with zero attached hydrogens (tertiary/aromatic N) is 2. The topological polar surface area (TPSA) is 68.5 Å². The van der Waals surface area contributed by atoms with Crippen molar-refractivity contribution >= 4 is 5.91 Å². The summed E-state index contributed by atoms with van der Waals surface area (Å²) in [6.07, 6.45) is 9.02. The minimum absolute atomic E-state index is 0.125. The van der Waals surface area contributed by atoms with Crippen molar-refractivity contribution in [3.05, 3.63) is 53.7 Å². The summed E-state index contributed by atoms with van der Waals surface area (Å²) in [7, 11) is 0. The van der Waals surface area contributed by atoms with Gasteiger partial charge >= 0.3 is 0 Å². The summed E-state index contributed by atoms with van der Waals surface area (Å²) in [6.45, 7) is 8.17. The van der Waals surface area contributed by atoms with E-state index in [0.717, 1.165) is 24.8 Å². The van der Waals surface area contributed by atoms with Crippen LogP contribution < -0.4 is 10.5 Å². The molecule has 156 valence electrons. The van der Waals surface area contributed by atoms with Crippen LogP contribution in [0.2, 0.25) is 0 Å². The molecular weight excluding hydrogens is 362 g/mol. The number of pyridine rings is 1. The minimum Gasteiger partial charge on any atom is -0.439 e. The highest BCUT2D eigenvalue weighted by molar-refractivity contribution is 5.92. The molecule has 5 nitrogen and oxygen atoms in total. The summed E-state index contributed by atoms with van der Waals surface area (Å²) in [5, 5.41) is 0. The van der Waals surface area contributed by atoms with E-state index >= 15 is 0 Å². The Morgan fingerprint density at radius 2 is 1.86 bits per heavy atom. The van der Waals surface area contributed by atoms with E-state index < -0.39 is 5.91 Å². The van der Waals surface area contributed by atoms with Crippen LogP contribution in [0.3, 0.4) is 0 Å². The molecule has 0 spiro atoms. The highest BCUT2D eigenvalue weighted by atomic mass is 16.5. The fourth-order valence-electron chi connectivity index (χ4n) is 4.42. The molecule has 1 saturated carbocycles.